The number of rotatable bonds is 7. The Balaban J connectivity index is 2.37. The van der Waals surface area contributed by atoms with E-state index in [2.05, 4.69) is 5.32 Å². The molecule has 0 spiro atoms. The number of pyridine rings is 1. The van der Waals surface area contributed by atoms with E-state index in [0.717, 1.165) is 6.07 Å². The second kappa shape index (κ2) is 9.25. The number of amides is 2. The number of nitrogens with zero attached hydrogens (tertiary/aromatic N) is 1. The van der Waals surface area contributed by atoms with Gasteiger partial charge in [0.2, 0.25) is 5.91 Å². The van der Waals surface area contributed by atoms with Crippen LogP contribution in [0.3, 0.4) is 0 Å². The summed E-state index contributed by atoms with van der Waals surface area (Å²) in [4.78, 5) is 36.5. The van der Waals surface area contributed by atoms with Gasteiger partial charge in [0.15, 0.2) is 5.43 Å². The van der Waals surface area contributed by atoms with Crippen molar-refractivity contribution in [1.82, 2.24) is 9.88 Å². The Morgan fingerprint density at radius 3 is 2.44 bits per heavy atom. The summed E-state index contributed by atoms with van der Waals surface area (Å²) in [6, 6.07) is 9.91. The van der Waals surface area contributed by atoms with E-state index in [1.807, 2.05) is 13.8 Å². The predicted molar refractivity (Wildman–Crippen MR) is 100 cm³/mol. The molecule has 0 aliphatic heterocycles. The average molecular weight is 372 g/mol. The van der Waals surface area contributed by atoms with Crippen LogP contribution >= 0.6 is 0 Å². The zero-order valence-corrected chi connectivity index (χ0v) is 15.4. The minimum atomic E-state index is -1.09. The Morgan fingerprint density at radius 1 is 1.19 bits per heavy atom. The van der Waals surface area contributed by atoms with Gasteiger partial charge in [-0.15, -0.1) is 0 Å². The van der Waals surface area contributed by atoms with Crippen molar-refractivity contribution in [1.29, 1.82) is 0 Å². The molecule has 2 amide bonds. The number of hydrogen-bond acceptors (Lipinski definition) is 5. The smallest absolute Gasteiger partial charge is 0.263 e. The number of aromatic nitrogens is 1. The van der Waals surface area contributed by atoms with Crippen molar-refractivity contribution in [3.63, 3.8) is 0 Å². The highest BCUT2D eigenvalue weighted by atomic mass is 16.3. The third-order valence-electron chi connectivity index (χ3n) is 3.99. The van der Waals surface area contributed by atoms with Gasteiger partial charge in [0.05, 0.1) is 12.3 Å². The van der Waals surface area contributed by atoms with Gasteiger partial charge in [-0.2, -0.15) is 0 Å². The van der Waals surface area contributed by atoms with Gasteiger partial charge in [0.25, 0.3) is 5.91 Å². The van der Waals surface area contributed by atoms with Crippen LogP contribution in [0.2, 0.25) is 0 Å². The Morgan fingerprint density at radius 2 is 1.85 bits per heavy atom. The van der Waals surface area contributed by atoms with Gasteiger partial charge >= 0.3 is 0 Å². The molecule has 2 rings (SSSR count). The lowest BCUT2D eigenvalue weighted by Gasteiger charge is -2.19. The summed E-state index contributed by atoms with van der Waals surface area (Å²) in [6.45, 7) is 3.53. The fourth-order valence-electron chi connectivity index (χ4n) is 2.72. The van der Waals surface area contributed by atoms with E-state index < -0.39 is 23.3 Å². The molecule has 3 N–H and O–H groups in total. The molecule has 0 bridgehead atoms. The molecule has 27 heavy (non-hydrogen) atoms. The molecular formula is C20H24N2O5. The third kappa shape index (κ3) is 5.35. The van der Waals surface area contributed by atoms with Gasteiger partial charge in [0, 0.05) is 25.2 Å². The van der Waals surface area contributed by atoms with Crippen LogP contribution in [0, 0.1) is 5.92 Å². The molecule has 0 aliphatic carbocycles. The van der Waals surface area contributed by atoms with Crippen LogP contribution in [0.5, 0.6) is 0 Å². The summed E-state index contributed by atoms with van der Waals surface area (Å²) < 4.78 is 1.45. The van der Waals surface area contributed by atoms with Crippen molar-refractivity contribution in [2.24, 2.45) is 5.92 Å². The fraction of sp³-hybridized carbons (Fsp3) is 0.350. The molecule has 0 radical (unpaired) electrons. The predicted octanol–water partition coefficient (Wildman–Crippen LogP) is 1.22. The van der Waals surface area contributed by atoms with Crippen molar-refractivity contribution < 1.29 is 19.8 Å². The molecule has 1 heterocycles. The molecule has 7 heteroatoms. The molecule has 0 saturated carbocycles. The van der Waals surface area contributed by atoms with Crippen LogP contribution in [-0.2, 0) is 11.3 Å². The monoisotopic (exact) mass is 372 g/mol. The minimum absolute atomic E-state index is 0.0762. The number of imide groups is 1. The summed E-state index contributed by atoms with van der Waals surface area (Å²) in [6.07, 6.45) is 0.338. The second-order valence-corrected chi connectivity index (χ2v) is 6.68. The van der Waals surface area contributed by atoms with Crippen LogP contribution in [0.25, 0.3) is 0 Å². The molecule has 1 aromatic heterocycles. The lowest BCUT2D eigenvalue weighted by molar-refractivity contribution is -0.120. The molecule has 0 fully saturated rings. The van der Waals surface area contributed by atoms with E-state index in [4.69, 9.17) is 0 Å². The quantitative estimate of drug-likeness (QED) is 0.677. The first kappa shape index (κ1) is 20.5. The topological polar surface area (TPSA) is 109 Å². The highest BCUT2D eigenvalue weighted by Gasteiger charge is 2.20. The first-order valence-corrected chi connectivity index (χ1v) is 8.76. The SMILES string of the molecule is CC(C)CC(=O)NC(=O)c1cn(CCO)c(C(O)c2ccccc2)cc1=O. The van der Waals surface area contributed by atoms with Crippen LogP contribution in [0.4, 0.5) is 0 Å². The van der Waals surface area contributed by atoms with E-state index in [1.54, 1.807) is 30.3 Å². The zero-order chi connectivity index (χ0) is 20.0. The summed E-state index contributed by atoms with van der Waals surface area (Å²) in [5, 5.41) is 22.1. The molecule has 1 atom stereocenters. The Bertz CT molecular complexity index is 858. The minimum Gasteiger partial charge on any atom is -0.395 e. The normalized spacial score (nSPS) is 12.0. The third-order valence-corrected chi connectivity index (χ3v) is 3.99. The summed E-state index contributed by atoms with van der Waals surface area (Å²) >= 11 is 0. The van der Waals surface area contributed by atoms with E-state index in [0.29, 0.717) is 5.56 Å². The van der Waals surface area contributed by atoms with E-state index in [1.165, 1.54) is 10.8 Å². The van der Waals surface area contributed by atoms with Crippen molar-refractivity contribution in [3.05, 3.63) is 69.6 Å². The molecule has 2 aromatic rings. The molecule has 0 saturated heterocycles. The van der Waals surface area contributed by atoms with Gasteiger partial charge in [-0.25, -0.2) is 0 Å². The van der Waals surface area contributed by atoms with E-state index >= 15 is 0 Å². The summed E-state index contributed by atoms with van der Waals surface area (Å²) in [5.74, 6) is -1.18. The Kier molecular flexibility index (Phi) is 7.04. The van der Waals surface area contributed by atoms with Gasteiger partial charge < -0.3 is 14.8 Å². The fourth-order valence-corrected chi connectivity index (χ4v) is 2.72. The summed E-state index contributed by atoms with van der Waals surface area (Å²) in [5.41, 5.74) is 0.00629. The maximum Gasteiger partial charge on any atom is 0.263 e. The number of carbonyl (C=O) groups is 2. The number of aliphatic hydroxyl groups excluding tert-OH is 2. The average Bonchev–Trinajstić information content (AvgIpc) is 2.62. The number of hydrogen-bond donors (Lipinski definition) is 3. The standard InChI is InChI=1S/C20H24N2O5/c1-13(2)10-18(25)21-20(27)15-12-22(8-9-23)16(11-17(15)24)19(26)14-6-4-3-5-7-14/h3-7,11-13,19,23,26H,8-10H2,1-2H3,(H,21,25,27). The number of benzene rings is 1. The van der Waals surface area contributed by atoms with Crippen LogP contribution in [0.1, 0.15) is 48.0 Å². The highest BCUT2D eigenvalue weighted by Crippen LogP contribution is 2.21. The van der Waals surface area contributed by atoms with Gasteiger partial charge in [-0.3, -0.25) is 19.7 Å². The van der Waals surface area contributed by atoms with Gasteiger partial charge in [-0.1, -0.05) is 44.2 Å². The van der Waals surface area contributed by atoms with Gasteiger partial charge in [0.1, 0.15) is 11.7 Å². The number of nitrogens with one attached hydrogen (secondary N) is 1. The molecular weight excluding hydrogens is 348 g/mol. The van der Waals surface area contributed by atoms with Crippen molar-refractivity contribution in [2.45, 2.75) is 32.9 Å². The lowest BCUT2D eigenvalue weighted by Crippen LogP contribution is -2.35. The Hall–Kier alpha value is -2.77. The molecule has 7 nitrogen and oxygen atoms in total. The zero-order valence-electron chi connectivity index (χ0n) is 15.4. The number of carbonyl (C=O) groups excluding carboxylic acids is 2. The largest absolute Gasteiger partial charge is 0.395 e. The van der Waals surface area contributed by atoms with Crippen LogP contribution < -0.4 is 10.7 Å². The van der Waals surface area contributed by atoms with Crippen molar-refractivity contribution in [3.8, 4) is 0 Å². The first-order chi connectivity index (χ1) is 12.8. The van der Waals surface area contributed by atoms with E-state index in [9.17, 15) is 24.6 Å². The number of aliphatic hydroxyl groups is 2. The summed E-state index contributed by atoms with van der Waals surface area (Å²) in [7, 11) is 0. The van der Waals surface area contributed by atoms with Crippen molar-refractivity contribution >= 4 is 11.8 Å². The lowest BCUT2D eigenvalue weighted by atomic mass is 10.0. The first-order valence-electron chi connectivity index (χ1n) is 8.76. The highest BCUT2D eigenvalue weighted by molar-refractivity contribution is 6.04. The molecule has 144 valence electrons. The van der Waals surface area contributed by atoms with Crippen LogP contribution in [0.15, 0.2) is 47.4 Å². The maximum atomic E-state index is 12.4. The van der Waals surface area contributed by atoms with Gasteiger partial charge in [-0.05, 0) is 11.5 Å². The van der Waals surface area contributed by atoms with E-state index in [-0.39, 0.29) is 36.7 Å². The molecule has 1 aromatic carbocycles. The second-order valence-electron chi connectivity index (χ2n) is 6.68. The van der Waals surface area contributed by atoms with Crippen LogP contribution in [-0.4, -0.2) is 33.2 Å². The van der Waals surface area contributed by atoms with Crippen molar-refractivity contribution in [2.75, 3.05) is 6.61 Å². The maximum absolute atomic E-state index is 12.4. The Labute approximate surface area is 157 Å². The molecule has 0 aliphatic rings. The molecule has 1 unspecified atom stereocenters.